The first-order valence-electron chi connectivity index (χ1n) is 11.5. The third kappa shape index (κ3) is 4.88. The fourth-order valence-electron chi connectivity index (χ4n) is 4.57. The summed E-state index contributed by atoms with van der Waals surface area (Å²) in [5.41, 5.74) is 3.15. The molecule has 1 amide bonds. The van der Waals surface area contributed by atoms with E-state index in [0.29, 0.717) is 6.54 Å². The van der Waals surface area contributed by atoms with Crippen molar-refractivity contribution >= 4 is 5.91 Å². The second kappa shape index (κ2) is 9.83. The SMILES string of the molecule is O=C(NCc1ccccn1)C1CC[NH+](Cc2cnn(-c3ccccc3)c2-n2cccc2)CC1. The van der Waals surface area contributed by atoms with Crippen molar-refractivity contribution in [3.05, 3.63) is 96.7 Å². The second-order valence-corrected chi connectivity index (χ2v) is 8.57. The standard InChI is InChI=1S/C26H28N6O/c33-25(28-19-23-8-4-5-13-27-23)21-11-16-30(17-12-21)20-22-18-29-32(24-9-2-1-3-10-24)26(22)31-14-6-7-15-31/h1-10,13-15,18,21H,11-12,16-17,19-20H2,(H,28,33)/p+1. The molecular formula is C26H29N6O+. The first-order chi connectivity index (χ1) is 16.3. The summed E-state index contributed by atoms with van der Waals surface area (Å²) in [5.74, 6) is 1.30. The molecule has 0 saturated carbocycles. The molecule has 0 unspecified atom stereocenters. The van der Waals surface area contributed by atoms with Crippen LogP contribution < -0.4 is 10.2 Å². The minimum atomic E-state index is 0.0772. The maximum Gasteiger partial charge on any atom is 0.223 e. The Morgan fingerprint density at radius 2 is 1.76 bits per heavy atom. The molecule has 0 bridgehead atoms. The van der Waals surface area contributed by atoms with E-state index in [1.54, 1.807) is 6.20 Å². The van der Waals surface area contributed by atoms with Gasteiger partial charge in [0.2, 0.25) is 5.91 Å². The quantitative estimate of drug-likeness (QED) is 0.462. The fraction of sp³-hybridized carbons (Fsp3) is 0.269. The van der Waals surface area contributed by atoms with E-state index in [4.69, 9.17) is 5.10 Å². The molecule has 1 aliphatic rings. The molecule has 1 saturated heterocycles. The van der Waals surface area contributed by atoms with Gasteiger partial charge >= 0.3 is 0 Å². The molecule has 0 aliphatic carbocycles. The molecule has 168 valence electrons. The van der Waals surface area contributed by atoms with Gasteiger partial charge < -0.3 is 14.8 Å². The Balaban J connectivity index is 1.23. The molecule has 1 aliphatic heterocycles. The summed E-state index contributed by atoms with van der Waals surface area (Å²) < 4.78 is 4.14. The number of rotatable bonds is 7. The molecule has 33 heavy (non-hydrogen) atoms. The maximum absolute atomic E-state index is 12.6. The minimum Gasteiger partial charge on any atom is -0.350 e. The lowest BCUT2D eigenvalue weighted by molar-refractivity contribution is -0.919. The minimum absolute atomic E-state index is 0.0772. The van der Waals surface area contributed by atoms with Crippen molar-refractivity contribution in [3.63, 3.8) is 0 Å². The predicted molar refractivity (Wildman–Crippen MR) is 126 cm³/mol. The van der Waals surface area contributed by atoms with E-state index in [9.17, 15) is 4.79 Å². The lowest BCUT2D eigenvalue weighted by Crippen LogP contribution is -3.11. The summed E-state index contributed by atoms with van der Waals surface area (Å²) in [5, 5.41) is 7.77. The van der Waals surface area contributed by atoms with Crippen LogP contribution >= 0.6 is 0 Å². The first kappa shape index (κ1) is 21.2. The molecule has 1 aromatic carbocycles. The lowest BCUT2D eigenvalue weighted by Gasteiger charge is -2.28. The van der Waals surface area contributed by atoms with Crippen molar-refractivity contribution in [1.29, 1.82) is 0 Å². The van der Waals surface area contributed by atoms with Crippen molar-refractivity contribution < 1.29 is 9.69 Å². The molecule has 1 fully saturated rings. The van der Waals surface area contributed by atoms with Crippen LogP contribution in [0.15, 0.2) is 85.5 Å². The van der Waals surface area contributed by atoms with Crippen LogP contribution in [0.3, 0.4) is 0 Å². The summed E-state index contributed by atoms with van der Waals surface area (Å²) in [4.78, 5) is 18.4. The van der Waals surface area contributed by atoms with Gasteiger partial charge in [0.15, 0.2) is 0 Å². The Hall–Kier alpha value is -3.71. The highest BCUT2D eigenvalue weighted by Crippen LogP contribution is 2.19. The molecule has 0 radical (unpaired) electrons. The molecule has 7 nitrogen and oxygen atoms in total. The number of carbonyl (C=O) groups is 1. The number of para-hydroxylation sites is 1. The molecule has 4 aromatic rings. The zero-order valence-electron chi connectivity index (χ0n) is 18.6. The third-order valence-electron chi connectivity index (χ3n) is 6.34. The van der Waals surface area contributed by atoms with Crippen LogP contribution in [0, 0.1) is 5.92 Å². The summed E-state index contributed by atoms with van der Waals surface area (Å²) >= 11 is 0. The van der Waals surface area contributed by atoms with E-state index >= 15 is 0 Å². The number of nitrogens with zero attached hydrogens (tertiary/aromatic N) is 4. The molecule has 5 rings (SSSR count). The number of hydrogen-bond acceptors (Lipinski definition) is 3. The van der Waals surface area contributed by atoms with Crippen LogP contribution in [0.2, 0.25) is 0 Å². The molecule has 0 spiro atoms. The monoisotopic (exact) mass is 441 g/mol. The summed E-state index contributed by atoms with van der Waals surface area (Å²) in [6, 6.07) is 20.1. The number of amides is 1. The van der Waals surface area contributed by atoms with Gasteiger partial charge in [-0.1, -0.05) is 24.3 Å². The van der Waals surface area contributed by atoms with Crippen LogP contribution in [0.5, 0.6) is 0 Å². The fourth-order valence-corrected chi connectivity index (χ4v) is 4.57. The molecule has 2 N–H and O–H groups in total. The average Bonchev–Trinajstić information content (AvgIpc) is 3.54. The van der Waals surface area contributed by atoms with Crippen LogP contribution in [0.1, 0.15) is 24.1 Å². The Bertz CT molecular complexity index is 1160. The Morgan fingerprint density at radius 1 is 1.00 bits per heavy atom. The number of quaternary nitrogens is 1. The van der Waals surface area contributed by atoms with Crippen molar-refractivity contribution in [1.82, 2.24) is 24.6 Å². The number of hydrogen-bond donors (Lipinski definition) is 2. The molecule has 4 heterocycles. The smallest absolute Gasteiger partial charge is 0.223 e. The summed E-state index contributed by atoms with van der Waals surface area (Å²) in [7, 11) is 0. The molecule has 3 aromatic heterocycles. The van der Waals surface area contributed by atoms with Gasteiger partial charge in [-0.15, -0.1) is 0 Å². The number of likely N-dealkylation sites (tertiary alicyclic amines) is 1. The van der Waals surface area contributed by atoms with Gasteiger partial charge in [0.25, 0.3) is 0 Å². The largest absolute Gasteiger partial charge is 0.350 e. The second-order valence-electron chi connectivity index (χ2n) is 8.57. The van der Waals surface area contributed by atoms with Crippen LogP contribution in [0.25, 0.3) is 11.5 Å². The van der Waals surface area contributed by atoms with E-state index in [-0.39, 0.29) is 11.8 Å². The number of piperidine rings is 1. The number of carbonyl (C=O) groups excluding carboxylic acids is 1. The lowest BCUT2D eigenvalue weighted by atomic mass is 9.95. The highest BCUT2D eigenvalue weighted by atomic mass is 16.1. The molecule has 7 heteroatoms. The topological polar surface area (TPSA) is 69.2 Å². The van der Waals surface area contributed by atoms with Gasteiger partial charge in [0, 0.05) is 37.4 Å². The highest BCUT2D eigenvalue weighted by molar-refractivity contribution is 5.78. The normalized spacial score (nSPS) is 18.2. The Labute approximate surface area is 193 Å². The molecular weight excluding hydrogens is 412 g/mol. The number of pyridine rings is 1. The Morgan fingerprint density at radius 3 is 2.48 bits per heavy atom. The van der Waals surface area contributed by atoms with E-state index in [1.165, 1.54) is 10.5 Å². The summed E-state index contributed by atoms with van der Waals surface area (Å²) in [6.07, 6.45) is 9.66. The zero-order valence-corrected chi connectivity index (χ0v) is 18.6. The van der Waals surface area contributed by atoms with E-state index in [1.807, 2.05) is 59.4 Å². The van der Waals surface area contributed by atoms with Crippen LogP contribution in [0.4, 0.5) is 0 Å². The van der Waals surface area contributed by atoms with Crippen molar-refractivity contribution in [2.45, 2.75) is 25.9 Å². The number of benzene rings is 1. The van der Waals surface area contributed by atoms with Gasteiger partial charge in [0.1, 0.15) is 12.4 Å². The van der Waals surface area contributed by atoms with E-state index in [0.717, 1.165) is 49.7 Å². The number of aromatic nitrogens is 4. The third-order valence-corrected chi connectivity index (χ3v) is 6.34. The van der Waals surface area contributed by atoms with Crippen molar-refractivity contribution in [3.8, 4) is 11.5 Å². The van der Waals surface area contributed by atoms with Gasteiger partial charge in [-0.3, -0.25) is 9.78 Å². The average molecular weight is 442 g/mol. The van der Waals surface area contributed by atoms with Crippen LogP contribution in [-0.2, 0) is 17.9 Å². The predicted octanol–water partition coefficient (Wildman–Crippen LogP) is 2.17. The first-order valence-corrected chi connectivity index (χ1v) is 11.5. The zero-order chi connectivity index (χ0) is 22.5. The van der Waals surface area contributed by atoms with Crippen molar-refractivity contribution in [2.75, 3.05) is 13.1 Å². The Kier molecular flexibility index (Phi) is 6.30. The molecule has 0 atom stereocenters. The van der Waals surface area contributed by atoms with Crippen LogP contribution in [-0.4, -0.2) is 38.3 Å². The number of nitrogens with one attached hydrogen (secondary N) is 2. The van der Waals surface area contributed by atoms with Gasteiger partial charge in [0.05, 0.1) is 42.8 Å². The van der Waals surface area contributed by atoms with Gasteiger partial charge in [-0.2, -0.15) is 5.10 Å². The van der Waals surface area contributed by atoms with E-state index in [2.05, 4.69) is 39.4 Å². The highest BCUT2D eigenvalue weighted by Gasteiger charge is 2.28. The van der Waals surface area contributed by atoms with Gasteiger partial charge in [-0.05, 0) is 36.4 Å². The van der Waals surface area contributed by atoms with Crippen molar-refractivity contribution in [2.24, 2.45) is 5.92 Å². The van der Waals surface area contributed by atoms with Gasteiger partial charge in [-0.25, -0.2) is 4.68 Å². The summed E-state index contributed by atoms with van der Waals surface area (Å²) in [6.45, 7) is 3.33. The maximum atomic E-state index is 12.6. The van der Waals surface area contributed by atoms with E-state index < -0.39 is 0 Å².